The molecule has 0 spiro atoms. The van der Waals surface area contributed by atoms with E-state index in [-0.39, 0.29) is 0 Å². The van der Waals surface area contributed by atoms with Crippen LogP contribution in [0, 0.1) is 0 Å². The minimum Gasteiger partial charge on any atom is -0.304 e. The Bertz CT molecular complexity index is 1040. The van der Waals surface area contributed by atoms with Crippen LogP contribution in [0.4, 0.5) is 0 Å². The molecule has 1 unspecified atom stereocenters. The van der Waals surface area contributed by atoms with Crippen molar-refractivity contribution in [2.45, 2.75) is 45.4 Å². The molecule has 0 fully saturated rings. The molecule has 0 N–H and O–H groups in total. The predicted molar refractivity (Wildman–Crippen MR) is 121 cm³/mol. The van der Waals surface area contributed by atoms with E-state index >= 15 is 0 Å². The van der Waals surface area contributed by atoms with Gasteiger partial charge in [-0.05, 0) is 83.9 Å². The topological polar surface area (TPSA) is 20.3 Å². The predicted octanol–water partition coefficient (Wildman–Crippen LogP) is 6.00. The van der Waals surface area contributed by atoms with E-state index in [1.165, 1.54) is 39.0 Å². The third-order valence-electron chi connectivity index (χ3n) is 7.05. The average Bonchev–Trinajstić information content (AvgIpc) is 3.47. The molecule has 3 aliphatic carbocycles. The van der Waals surface area contributed by atoms with Crippen molar-refractivity contribution in [1.82, 2.24) is 4.90 Å². The van der Waals surface area contributed by atoms with Crippen LogP contribution in [0.1, 0.15) is 71.6 Å². The summed E-state index contributed by atoms with van der Waals surface area (Å²) in [4.78, 5) is 14.9. The lowest BCUT2D eigenvalue weighted by atomic mass is 9.91. The Morgan fingerprint density at radius 3 is 2.59 bits per heavy atom. The summed E-state index contributed by atoms with van der Waals surface area (Å²) in [5.74, 6) is 0.747. The van der Waals surface area contributed by atoms with Gasteiger partial charge in [-0.25, -0.2) is 0 Å². The van der Waals surface area contributed by atoms with Gasteiger partial charge in [0.1, 0.15) is 0 Å². The summed E-state index contributed by atoms with van der Waals surface area (Å²) in [6, 6.07) is 11.4. The normalized spacial score (nSPS) is 18.9. The molecule has 148 valence electrons. The number of hydrogen-bond acceptors (Lipinski definition) is 2. The largest absolute Gasteiger partial charge is 0.304 e. The zero-order valence-corrected chi connectivity index (χ0v) is 17.5. The number of carbonyl (C=O) groups excluding carboxylic acids is 1. The monoisotopic (exact) mass is 383 g/mol. The quantitative estimate of drug-likeness (QED) is 0.609. The van der Waals surface area contributed by atoms with E-state index < -0.39 is 0 Å². The van der Waals surface area contributed by atoms with Crippen molar-refractivity contribution >= 4 is 11.4 Å². The van der Waals surface area contributed by atoms with Crippen LogP contribution in [0.3, 0.4) is 0 Å². The average molecular weight is 384 g/mol. The summed E-state index contributed by atoms with van der Waals surface area (Å²) in [6.45, 7) is 7.80. The first-order chi connectivity index (χ1) is 14.2. The van der Waals surface area contributed by atoms with Crippen LogP contribution in [0.2, 0.25) is 0 Å². The smallest absolute Gasteiger partial charge is 0.163 e. The molecule has 0 heterocycles. The molecule has 5 rings (SSSR count). The molecule has 2 aromatic carbocycles. The molecule has 0 amide bonds. The second kappa shape index (κ2) is 7.42. The summed E-state index contributed by atoms with van der Waals surface area (Å²) >= 11 is 0. The number of benzene rings is 2. The van der Waals surface area contributed by atoms with E-state index in [0.29, 0.717) is 18.1 Å². The highest BCUT2D eigenvalue weighted by molar-refractivity contribution is 6.04. The Morgan fingerprint density at radius 1 is 1.00 bits per heavy atom. The first-order valence-corrected chi connectivity index (χ1v) is 11.1. The van der Waals surface area contributed by atoms with Crippen LogP contribution in [0.5, 0.6) is 0 Å². The van der Waals surface area contributed by atoms with Crippen molar-refractivity contribution in [2.24, 2.45) is 0 Å². The van der Waals surface area contributed by atoms with Gasteiger partial charge in [0.15, 0.2) is 5.78 Å². The van der Waals surface area contributed by atoms with Gasteiger partial charge >= 0.3 is 0 Å². The van der Waals surface area contributed by atoms with Crippen molar-refractivity contribution in [3.8, 4) is 11.1 Å². The third kappa shape index (κ3) is 3.02. The SMILES string of the molecule is CCN(CC)CCC1c2ccc(C3=CCC=C3)cc2-c2c1ccc1c2CCC1=O. The second-order valence-corrected chi connectivity index (χ2v) is 8.45. The maximum absolute atomic E-state index is 12.4. The molecular formula is C27H29NO. The van der Waals surface area contributed by atoms with Gasteiger partial charge in [0.25, 0.3) is 0 Å². The van der Waals surface area contributed by atoms with Crippen LogP contribution in [0.15, 0.2) is 48.6 Å². The lowest BCUT2D eigenvalue weighted by molar-refractivity contribution is 0.0994. The minimum absolute atomic E-state index is 0.313. The van der Waals surface area contributed by atoms with Gasteiger partial charge in [-0.2, -0.15) is 0 Å². The van der Waals surface area contributed by atoms with Crippen molar-refractivity contribution < 1.29 is 4.79 Å². The van der Waals surface area contributed by atoms with Crippen LogP contribution >= 0.6 is 0 Å². The Labute approximate surface area is 173 Å². The highest BCUT2D eigenvalue weighted by atomic mass is 16.1. The molecule has 2 aromatic rings. The number of rotatable bonds is 6. The van der Waals surface area contributed by atoms with Gasteiger partial charge < -0.3 is 4.90 Å². The molecule has 2 nitrogen and oxygen atoms in total. The maximum Gasteiger partial charge on any atom is 0.163 e. The van der Waals surface area contributed by atoms with E-state index in [4.69, 9.17) is 0 Å². The lowest BCUT2D eigenvalue weighted by Gasteiger charge is -2.21. The number of Topliss-reactive ketones (excluding diaryl/α,β-unsaturated/α-hetero) is 1. The highest BCUT2D eigenvalue weighted by Gasteiger charge is 2.34. The lowest BCUT2D eigenvalue weighted by Crippen LogP contribution is -2.25. The van der Waals surface area contributed by atoms with Crippen LogP contribution in [0.25, 0.3) is 16.7 Å². The van der Waals surface area contributed by atoms with Gasteiger partial charge in [-0.15, -0.1) is 0 Å². The molecule has 29 heavy (non-hydrogen) atoms. The Morgan fingerprint density at radius 2 is 1.83 bits per heavy atom. The van der Waals surface area contributed by atoms with Gasteiger partial charge in [0.05, 0.1) is 0 Å². The molecule has 0 aromatic heterocycles. The molecule has 0 radical (unpaired) electrons. The number of ketones is 1. The highest BCUT2D eigenvalue weighted by Crippen LogP contribution is 2.50. The summed E-state index contributed by atoms with van der Waals surface area (Å²) in [5.41, 5.74) is 10.5. The van der Waals surface area contributed by atoms with Crippen LogP contribution in [-0.4, -0.2) is 30.3 Å². The molecule has 2 heteroatoms. The van der Waals surface area contributed by atoms with E-state index in [1.807, 2.05) is 0 Å². The summed E-state index contributed by atoms with van der Waals surface area (Å²) in [7, 11) is 0. The zero-order valence-electron chi connectivity index (χ0n) is 17.5. The van der Waals surface area contributed by atoms with E-state index in [1.54, 1.807) is 0 Å². The van der Waals surface area contributed by atoms with E-state index in [2.05, 4.69) is 67.3 Å². The Kier molecular flexibility index (Phi) is 4.75. The summed E-state index contributed by atoms with van der Waals surface area (Å²) in [6.07, 6.45) is 10.5. The van der Waals surface area contributed by atoms with Crippen molar-refractivity contribution in [3.05, 3.63) is 76.4 Å². The molecule has 0 saturated heterocycles. The van der Waals surface area contributed by atoms with Crippen LogP contribution < -0.4 is 0 Å². The fourth-order valence-corrected chi connectivity index (χ4v) is 5.43. The molecule has 3 aliphatic rings. The zero-order chi connectivity index (χ0) is 20.0. The first-order valence-electron chi connectivity index (χ1n) is 11.1. The Balaban J connectivity index is 1.62. The number of fused-ring (bicyclic) bond motifs is 5. The van der Waals surface area contributed by atoms with Gasteiger partial charge in [-0.3, -0.25) is 4.79 Å². The van der Waals surface area contributed by atoms with Crippen LogP contribution in [-0.2, 0) is 6.42 Å². The van der Waals surface area contributed by atoms with Crippen molar-refractivity contribution in [2.75, 3.05) is 19.6 Å². The number of carbonyl (C=O) groups is 1. The maximum atomic E-state index is 12.4. The third-order valence-corrected chi connectivity index (χ3v) is 7.05. The van der Waals surface area contributed by atoms with Crippen molar-refractivity contribution in [3.63, 3.8) is 0 Å². The number of nitrogens with zero attached hydrogens (tertiary/aromatic N) is 1. The molecule has 0 aliphatic heterocycles. The van der Waals surface area contributed by atoms with Crippen molar-refractivity contribution in [1.29, 1.82) is 0 Å². The fourth-order valence-electron chi connectivity index (χ4n) is 5.43. The number of allylic oxidation sites excluding steroid dienone is 4. The molecule has 0 bridgehead atoms. The summed E-state index contributed by atoms with van der Waals surface area (Å²) < 4.78 is 0. The summed E-state index contributed by atoms with van der Waals surface area (Å²) in [5, 5.41) is 0. The Hall–Kier alpha value is -2.45. The van der Waals surface area contributed by atoms with E-state index in [9.17, 15) is 4.79 Å². The van der Waals surface area contributed by atoms with Gasteiger partial charge in [-0.1, -0.05) is 56.3 Å². The first kappa shape index (κ1) is 18.6. The number of hydrogen-bond donors (Lipinski definition) is 0. The van der Waals surface area contributed by atoms with Gasteiger partial charge in [0.2, 0.25) is 0 Å². The molecule has 1 atom stereocenters. The molecular weight excluding hydrogens is 354 g/mol. The molecule has 0 saturated carbocycles. The standard InChI is InChI=1S/C27H29NO/c1-3-28(4-2)16-15-21-20-10-9-19(18-7-5-6-8-18)17-25(20)27-23(21)12-11-22-24(27)13-14-26(22)29/h5,7-12,17,21H,3-4,6,13-16H2,1-2H3. The van der Waals surface area contributed by atoms with E-state index in [0.717, 1.165) is 44.5 Å². The van der Waals surface area contributed by atoms with Gasteiger partial charge in [0, 0.05) is 17.9 Å². The fraction of sp³-hybridized carbons (Fsp3) is 0.370. The second-order valence-electron chi connectivity index (χ2n) is 8.45. The minimum atomic E-state index is 0.313.